The average Bonchev–Trinajstić information content (AvgIpc) is 3.49. The molecule has 0 aromatic carbocycles. The molecule has 0 bridgehead atoms. The Bertz CT molecular complexity index is 1890. The van der Waals surface area contributed by atoms with Crippen molar-refractivity contribution in [2.75, 3.05) is 13.2 Å². The lowest BCUT2D eigenvalue weighted by Crippen LogP contribution is -2.30. The first kappa shape index (κ1) is 77.8. The minimum atomic E-state index is -0.812. The zero-order valence-corrected chi connectivity index (χ0v) is 53.4. The molecular weight excluding hydrogens is 1020 g/mol. The molecule has 0 rings (SSSR count). The normalized spacial score (nSPS) is 13.2. The van der Waals surface area contributed by atoms with Gasteiger partial charge in [-0.05, 0) is 154 Å². The summed E-state index contributed by atoms with van der Waals surface area (Å²) in [5, 5.41) is 0. The molecule has 0 radical (unpaired) electrons. The Labute approximate surface area is 511 Å². The van der Waals surface area contributed by atoms with Crippen molar-refractivity contribution in [3.05, 3.63) is 170 Å². The predicted molar refractivity (Wildman–Crippen MR) is 361 cm³/mol. The minimum absolute atomic E-state index is 0.105. The van der Waals surface area contributed by atoms with Gasteiger partial charge in [-0.1, -0.05) is 274 Å². The predicted octanol–water partition coefficient (Wildman–Crippen LogP) is 23.4. The van der Waals surface area contributed by atoms with Crippen LogP contribution in [0.1, 0.15) is 278 Å². The van der Waals surface area contributed by atoms with Gasteiger partial charge in [0.1, 0.15) is 13.2 Å². The van der Waals surface area contributed by atoms with E-state index in [0.29, 0.717) is 19.3 Å². The van der Waals surface area contributed by atoms with Crippen molar-refractivity contribution in [2.24, 2.45) is 0 Å². The largest absolute Gasteiger partial charge is 0.462 e. The van der Waals surface area contributed by atoms with E-state index < -0.39 is 6.10 Å². The van der Waals surface area contributed by atoms with Crippen LogP contribution in [0.25, 0.3) is 0 Å². The molecule has 6 nitrogen and oxygen atoms in total. The third kappa shape index (κ3) is 67.4. The number of carbonyl (C=O) groups excluding carboxylic acids is 3. The summed E-state index contributed by atoms with van der Waals surface area (Å²) in [5.41, 5.74) is 0. The monoisotopic (exact) mass is 1140 g/mol. The molecule has 0 aromatic heterocycles. The first-order valence-electron chi connectivity index (χ1n) is 33.6. The van der Waals surface area contributed by atoms with E-state index in [1.165, 1.54) is 70.6 Å². The highest BCUT2D eigenvalue weighted by Gasteiger charge is 2.19. The quantitative estimate of drug-likeness (QED) is 0.0261. The van der Waals surface area contributed by atoms with Crippen molar-refractivity contribution >= 4 is 17.9 Å². The van der Waals surface area contributed by atoms with Gasteiger partial charge in [-0.25, -0.2) is 0 Å². The molecule has 0 amide bonds. The molecule has 466 valence electrons. The standard InChI is InChI=1S/C77H122O6/c1-4-7-10-13-16-19-22-25-27-29-31-32-33-34-35-36-37-38-39-40-41-42-43-44-46-47-49-52-55-58-61-64-67-70-76(79)82-73-74(72-81-75(78)69-66-63-60-57-54-51-24-21-18-15-12-9-6-3)83-77(80)71-68-65-62-59-56-53-50-48-45-30-28-26-23-20-17-14-11-8-5-2/h7-8,10-11,16-17,19-21,24-28,31-32,34-35,37-38,40-41,43-45,48,53,56,74H,4-6,9,12-15,18,22-23,29-30,33,36,39,42,46-47,49-52,54-55,57-73H2,1-3H3/b10-7-,11-8-,19-16-,20-17-,24-21-,27-25-,28-26-,32-31-,35-34-,38-37-,41-40-,44-43-,48-45-,56-53-. The summed E-state index contributed by atoms with van der Waals surface area (Å²) < 4.78 is 16.9. The van der Waals surface area contributed by atoms with Gasteiger partial charge in [0.25, 0.3) is 0 Å². The van der Waals surface area contributed by atoms with Crippen molar-refractivity contribution in [2.45, 2.75) is 284 Å². The second-order valence-corrected chi connectivity index (χ2v) is 21.6. The van der Waals surface area contributed by atoms with Gasteiger partial charge < -0.3 is 14.2 Å². The summed E-state index contributed by atoms with van der Waals surface area (Å²) in [5.74, 6) is -0.956. The van der Waals surface area contributed by atoms with Gasteiger partial charge in [-0.3, -0.25) is 14.4 Å². The molecule has 0 spiro atoms. The summed E-state index contributed by atoms with van der Waals surface area (Å²) in [6, 6.07) is 0. The van der Waals surface area contributed by atoms with Gasteiger partial charge in [0.15, 0.2) is 6.10 Å². The molecule has 0 aromatic rings. The van der Waals surface area contributed by atoms with Gasteiger partial charge in [-0.2, -0.15) is 0 Å². The molecule has 0 aliphatic rings. The lowest BCUT2D eigenvalue weighted by atomic mass is 10.1. The molecule has 0 N–H and O–H groups in total. The van der Waals surface area contributed by atoms with Crippen molar-refractivity contribution in [3.63, 3.8) is 0 Å². The van der Waals surface area contributed by atoms with Crippen LogP contribution in [-0.2, 0) is 28.6 Å². The van der Waals surface area contributed by atoms with Gasteiger partial charge in [0, 0.05) is 19.3 Å². The SMILES string of the molecule is CC/C=C\C/C=C\C/C=C\C/C=C\C/C=C\C/C=C\C/C=C\C/C=C\CCCCCCCCCCC(=O)OCC(COC(=O)CCCCCCC/C=C\CCCCCC)OC(=O)CCCCC/C=C\C/C=C\C/C=C\C/C=C\C/C=C\CC. The third-order valence-corrected chi connectivity index (χ3v) is 13.7. The fourth-order valence-electron chi connectivity index (χ4n) is 8.71. The number of unbranched alkanes of at least 4 members (excludes halogenated alkanes) is 20. The first-order chi connectivity index (χ1) is 41.0. The molecule has 0 saturated heterocycles. The van der Waals surface area contributed by atoms with Crippen LogP contribution in [0.15, 0.2) is 170 Å². The second-order valence-electron chi connectivity index (χ2n) is 21.6. The van der Waals surface area contributed by atoms with E-state index >= 15 is 0 Å². The lowest BCUT2D eigenvalue weighted by molar-refractivity contribution is -0.167. The van der Waals surface area contributed by atoms with E-state index in [1.54, 1.807) is 0 Å². The van der Waals surface area contributed by atoms with Crippen LogP contribution in [0.4, 0.5) is 0 Å². The van der Waals surface area contributed by atoms with Crippen molar-refractivity contribution < 1.29 is 28.6 Å². The molecule has 0 heterocycles. The maximum atomic E-state index is 12.9. The number of hydrogen-bond acceptors (Lipinski definition) is 6. The Hall–Kier alpha value is -5.23. The number of carbonyl (C=O) groups is 3. The highest BCUT2D eigenvalue weighted by atomic mass is 16.6. The fourth-order valence-corrected chi connectivity index (χ4v) is 8.71. The average molecular weight is 1140 g/mol. The number of allylic oxidation sites excluding steroid dienone is 28. The molecule has 83 heavy (non-hydrogen) atoms. The van der Waals surface area contributed by atoms with E-state index in [0.717, 1.165) is 161 Å². The van der Waals surface area contributed by atoms with Crippen LogP contribution < -0.4 is 0 Å². The minimum Gasteiger partial charge on any atom is -0.462 e. The van der Waals surface area contributed by atoms with Gasteiger partial charge in [0.05, 0.1) is 0 Å². The van der Waals surface area contributed by atoms with E-state index in [4.69, 9.17) is 14.2 Å². The summed E-state index contributed by atoms with van der Waals surface area (Å²) >= 11 is 0. The van der Waals surface area contributed by atoms with Gasteiger partial charge in [0.2, 0.25) is 0 Å². The lowest BCUT2D eigenvalue weighted by Gasteiger charge is -2.18. The zero-order chi connectivity index (χ0) is 59.9. The van der Waals surface area contributed by atoms with E-state index in [1.807, 2.05) is 0 Å². The molecule has 0 saturated carbocycles. The topological polar surface area (TPSA) is 78.9 Å². The first-order valence-corrected chi connectivity index (χ1v) is 33.6. The molecule has 1 atom stereocenters. The van der Waals surface area contributed by atoms with E-state index in [2.05, 4.69) is 191 Å². The maximum absolute atomic E-state index is 12.9. The van der Waals surface area contributed by atoms with Crippen LogP contribution >= 0.6 is 0 Å². The zero-order valence-electron chi connectivity index (χ0n) is 53.4. The molecule has 0 fully saturated rings. The van der Waals surface area contributed by atoms with Crippen LogP contribution in [0.2, 0.25) is 0 Å². The highest BCUT2D eigenvalue weighted by Crippen LogP contribution is 2.14. The van der Waals surface area contributed by atoms with Crippen LogP contribution in [0.5, 0.6) is 0 Å². The summed E-state index contributed by atoms with van der Waals surface area (Å²) in [4.78, 5) is 38.3. The van der Waals surface area contributed by atoms with Gasteiger partial charge in [-0.15, -0.1) is 0 Å². The van der Waals surface area contributed by atoms with Crippen LogP contribution in [-0.4, -0.2) is 37.2 Å². The molecule has 6 heteroatoms. The second kappa shape index (κ2) is 69.3. The Kier molecular flexibility index (Phi) is 64.9. The van der Waals surface area contributed by atoms with Crippen molar-refractivity contribution in [1.29, 1.82) is 0 Å². The van der Waals surface area contributed by atoms with Crippen molar-refractivity contribution in [3.8, 4) is 0 Å². The van der Waals surface area contributed by atoms with Crippen molar-refractivity contribution in [1.82, 2.24) is 0 Å². The number of esters is 3. The number of rotatable bonds is 59. The summed E-state index contributed by atoms with van der Waals surface area (Å²) in [6.07, 6.45) is 102. The summed E-state index contributed by atoms with van der Waals surface area (Å²) in [6.45, 7) is 6.35. The summed E-state index contributed by atoms with van der Waals surface area (Å²) in [7, 11) is 0. The number of hydrogen-bond donors (Lipinski definition) is 0. The molecule has 0 aliphatic carbocycles. The molecule has 0 aliphatic heterocycles. The van der Waals surface area contributed by atoms with Gasteiger partial charge >= 0.3 is 17.9 Å². The number of ether oxygens (including phenoxy) is 3. The third-order valence-electron chi connectivity index (χ3n) is 13.7. The molecular formula is C77H122O6. The van der Waals surface area contributed by atoms with E-state index in [-0.39, 0.29) is 37.5 Å². The Balaban J connectivity index is 4.37. The van der Waals surface area contributed by atoms with Crippen LogP contribution in [0, 0.1) is 0 Å². The van der Waals surface area contributed by atoms with Crippen LogP contribution in [0.3, 0.4) is 0 Å². The Morgan fingerprint density at radius 2 is 0.470 bits per heavy atom. The smallest absolute Gasteiger partial charge is 0.306 e. The van der Waals surface area contributed by atoms with E-state index in [9.17, 15) is 14.4 Å². The maximum Gasteiger partial charge on any atom is 0.306 e. The Morgan fingerprint density at radius 1 is 0.253 bits per heavy atom. The Morgan fingerprint density at radius 3 is 0.759 bits per heavy atom. The highest BCUT2D eigenvalue weighted by molar-refractivity contribution is 5.71. The molecule has 1 unspecified atom stereocenters. The fraction of sp³-hybridized carbons (Fsp3) is 0.597.